The summed E-state index contributed by atoms with van der Waals surface area (Å²) in [5.41, 5.74) is 0. The van der Waals surface area contributed by atoms with Gasteiger partial charge in [-0.3, -0.25) is 14.4 Å². The van der Waals surface area contributed by atoms with E-state index >= 15 is 0 Å². The molecule has 0 bridgehead atoms. The molecule has 3 radical (unpaired) electrons. The maximum absolute atomic E-state index is 9.01. The van der Waals surface area contributed by atoms with E-state index in [9.17, 15) is 0 Å². The fourth-order valence-electron chi connectivity index (χ4n) is 0.118. The van der Waals surface area contributed by atoms with Crippen molar-refractivity contribution in [2.45, 2.75) is 3.39 Å². The quantitative estimate of drug-likeness (QED) is 0.294. The van der Waals surface area contributed by atoms with Gasteiger partial charge in [0.15, 0.2) is 18.9 Å². The maximum Gasteiger partial charge on any atom is 0.153 e. The third-order valence-electron chi connectivity index (χ3n) is 0.665. The predicted octanol–water partition coefficient (Wildman–Crippen LogP) is 0.576. The predicted molar refractivity (Wildman–Crippen MR) is 91.3 cm³/mol. The van der Waals surface area contributed by atoms with Crippen LogP contribution in [0.4, 0.5) is 0 Å². The van der Waals surface area contributed by atoms with Gasteiger partial charge in [0.1, 0.15) is 0 Å². The summed E-state index contributed by atoms with van der Waals surface area (Å²) in [7, 11) is 1.98. The third kappa shape index (κ3) is 71.1. The van der Waals surface area contributed by atoms with Crippen molar-refractivity contribution < 1.29 is 14.4 Å². The second-order valence-corrected chi connectivity index (χ2v) is 6.32. The van der Waals surface area contributed by atoms with Crippen molar-refractivity contribution in [3.63, 3.8) is 0 Å². The number of carbonyl (C=O) groups excluding carboxylic acids is 3. The van der Waals surface area contributed by atoms with Crippen LogP contribution in [0.1, 0.15) is 0 Å². The number of thioether (sulfide) groups is 1. The molecule has 4 nitrogen and oxygen atoms in total. The van der Waals surface area contributed by atoms with Crippen LogP contribution in [-0.2, 0) is 14.4 Å². The van der Waals surface area contributed by atoms with Crippen LogP contribution in [0.2, 0.25) is 0 Å². The summed E-state index contributed by atoms with van der Waals surface area (Å²) in [4.78, 5) is 27.0. The Labute approximate surface area is 141 Å². The fraction of sp³-hybridized carbons (Fsp3) is 0.333. The summed E-state index contributed by atoms with van der Waals surface area (Å²) in [6.45, 7) is 0. The first-order chi connectivity index (χ1) is 8.55. The van der Waals surface area contributed by atoms with Gasteiger partial charge in [0, 0.05) is 16.1 Å². The average Bonchev–Trinajstić information content (AvgIpc) is 2.46. The van der Waals surface area contributed by atoms with Gasteiger partial charge >= 0.3 is 56.3 Å². The summed E-state index contributed by atoms with van der Waals surface area (Å²) in [6, 6.07) is 0. The van der Waals surface area contributed by atoms with E-state index in [2.05, 4.69) is 48.2 Å². The molecule has 0 saturated heterocycles. The monoisotopic (exact) mass is 432 g/mol. The van der Waals surface area contributed by atoms with Gasteiger partial charge in [0.2, 0.25) is 0 Å². The van der Waals surface area contributed by atoms with Crippen LogP contribution in [0.25, 0.3) is 0 Å². The van der Waals surface area contributed by atoms with E-state index in [1.807, 2.05) is 18.8 Å². The molecule has 1 unspecified atom stereocenters. The van der Waals surface area contributed by atoms with Gasteiger partial charge in [0.05, 0.1) is 0 Å². The minimum absolute atomic E-state index is 0.565. The summed E-state index contributed by atoms with van der Waals surface area (Å²) in [5.74, 6) is 0. The molecule has 0 heterocycles. The molecule has 0 saturated carbocycles. The summed E-state index contributed by atoms with van der Waals surface area (Å²) >= 11 is 15.6. The Morgan fingerprint density at radius 2 is 1.22 bits per heavy atom. The zero-order valence-electron chi connectivity index (χ0n) is 9.90. The van der Waals surface area contributed by atoms with Crippen LogP contribution in [0, 0.1) is 0 Å². The first kappa shape index (κ1) is 26.9. The largest absolute Gasteiger partial charge is 0.298 e. The van der Waals surface area contributed by atoms with Crippen LogP contribution in [0.3, 0.4) is 0 Å². The van der Waals surface area contributed by atoms with Crippen LogP contribution >= 0.6 is 48.4 Å². The summed E-state index contributed by atoms with van der Waals surface area (Å²) in [6.07, 6.45) is 3.80. The SMILES string of the molecule is CN[CH]([Sn])SC.O=CC=S.O=CC=S.O=CC=S. The number of aldehydes is 3. The fourth-order valence-corrected chi connectivity index (χ4v) is 0.354. The molecule has 0 rings (SSSR count). The molecule has 0 aromatic rings. The Balaban J connectivity index is -0.0000000742. The second-order valence-electron chi connectivity index (χ2n) is 1.72. The molecule has 9 heteroatoms. The summed E-state index contributed by atoms with van der Waals surface area (Å²) in [5, 5.41) is 6.20. The molecule has 0 aromatic heterocycles. The zero-order chi connectivity index (χ0) is 15.2. The van der Waals surface area contributed by atoms with Crippen molar-refractivity contribution in [3.8, 4) is 0 Å². The van der Waals surface area contributed by atoms with E-state index in [0.717, 1.165) is 16.1 Å². The Kier molecular flexibility index (Phi) is 53.7. The number of hydrogen-bond acceptors (Lipinski definition) is 8. The van der Waals surface area contributed by atoms with E-state index < -0.39 is 0 Å². The molecule has 0 spiro atoms. The summed E-state index contributed by atoms with van der Waals surface area (Å²) < 4.78 is 0.692. The van der Waals surface area contributed by atoms with Gasteiger partial charge in [-0.2, -0.15) is 0 Å². The zero-order valence-corrected chi connectivity index (χ0v) is 16.0. The maximum atomic E-state index is 9.01. The van der Waals surface area contributed by atoms with E-state index in [4.69, 9.17) is 14.4 Å². The van der Waals surface area contributed by atoms with Crippen molar-refractivity contribution in [1.82, 2.24) is 5.32 Å². The second kappa shape index (κ2) is 36.0. The molecule has 0 fully saturated rings. The van der Waals surface area contributed by atoms with Crippen molar-refractivity contribution >= 4 is 106 Å². The smallest absolute Gasteiger partial charge is 0.153 e. The van der Waals surface area contributed by atoms with E-state index in [1.165, 1.54) is 0 Å². The van der Waals surface area contributed by atoms with Gasteiger partial charge in [-0.05, 0) is 0 Å². The van der Waals surface area contributed by atoms with Crippen LogP contribution in [-0.4, -0.2) is 74.2 Å². The molecule has 0 aliphatic rings. The molecular formula is C9H14NO3S4Sn. The number of rotatable bonds is 5. The molecule has 1 atom stereocenters. The Morgan fingerprint density at radius 3 is 1.22 bits per heavy atom. The van der Waals surface area contributed by atoms with Gasteiger partial charge < -0.3 is 0 Å². The molecular weight excluding hydrogens is 417 g/mol. The van der Waals surface area contributed by atoms with Crippen molar-refractivity contribution in [3.05, 3.63) is 0 Å². The van der Waals surface area contributed by atoms with Gasteiger partial charge in [-0.1, -0.05) is 36.7 Å². The normalized spacial score (nSPS) is 8.17. The number of nitrogens with one attached hydrogen (secondary N) is 1. The van der Waals surface area contributed by atoms with Crippen molar-refractivity contribution in [2.75, 3.05) is 13.3 Å². The first-order valence-corrected chi connectivity index (χ1v) is 8.49. The Hall–Kier alpha value is 0.389. The van der Waals surface area contributed by atoms with E-state index in [-0.39, 0.29) is 0 Å². The molecule has 0 aliphatic carbocycles. The molecule has 1 N–H and O–H groups in total. The molecule has 101 valence electrons. The number of hydrogen-bond donors (Lipinski definition) is 1. The standard InChI is InChI=1S/C3H8NS.3C2H2OS.Sn/c1-4-3-5-2;3*3-1-2-4;/h3-4H,1-2H3;3*1-2H;. The van der Waals surface area contributed by atoms with E-state index in [0.29, 0.717) is 22.2 Å². The van der Waals surface area contributed by atoms with Gasteiger partial charge in [-0.25, -0.2) is 0 Å². The molecule has 0 amide bonds. The Morgan fingerprint density at radius 1 is 1.00 bits per heavy atom. The van der Waals surface area contributed by atoms with Crippen LogP contribution < -0.4 is 5.32 Å². The first-order valence-electron chi connectivity index (χ1n) is 4.14. The minimum Gasteiger partial charge on any atom is -0.298 e. The topological polar surface area (TPSA) is 63.2 Å². The Bertz CT molecular complexity index is 179. The average molecular weight is 431 g/mol. The minimum atomic E-state index is 0.565. The van der Waals surface area contributed by atoms with Gasteiger partial charge in [0.25, 0.3) is 0 Å². The number of thiocarbonyl (C=S) groups is 3. The van der Waals surface area contributed by atoms with Crippen molar-refractivity contribution in [1.29, 1.82) is 0 Å². The third-order valence-corrected chi connectivity index (χ3v) is 4.55. The van der Waals surface area contributed by atoms with Crippen LogP contribution in [0.5, 0.6) is 0 Å². The van der Waals surface area contributed by atoms with Gasteiger partial charge in [-0.15, -0.1) is 0 Å². The van der Waals surface area contributed by atoms with Crippen molar-refractivity contribution in [2.24, 2.45) is 0 Å². The van der Waals surface area contributed by atoms with E-state index in [1.54, 1.807) is 22.5 Å². The molecule has 0 aromatic carbocycles. The molecule has 18 heavy (non-hydrogen) atoms. The van der Waals surface area contributed by atoms with Crippen LogP contribution in [0.15, 0.2) is 0 Å². The molecule has 0 aliphatic heterocycles. The number of carbonyl (C=O) groups is 3.